The predicted octanol–water partition coefficient (Wildman–Crippen LogP) is 2.32. The van der Waals surface area contributed by atoms with E-state index in [0.29, 0.717) is 0 Å². The minimum atomic E-state index is -0.490. The predicted molar refractivity (Wildman–Crippen MR) is 56.8 cm³/mol. The molecule has 1 radical (unpaired) electrons. The fourth-order valence-corrected chi connectivity index (χ4v) is 2.41. The van der Waals surface area contributed by atoms with E-state index in [-0.39, 0.29) is 44.9 Å². The van der Waals surface area contributed by atoms with Crippen molar-refractivity contribution in [2.45, 2.75) is 51.6 Å². The van der Waals surface area contributed by atoms with Crippen LogP contribution in [0.25, 0.3) is 0 Å². The molecular formula is C12H20O3Y-2. The Balaban J connectivity index is 0.00000128. The molecule has 0 N–H and O–H groups in total. The largest absolute Gasteiger partial charge is 0.552 e. The Bertz CT molecular complexity index is 226. The Morgan fingerprint density at radius 2 is 1.94 bits per heavy atom. The van der Waals surface area contributed by atoms with Gasteiger partial charge in [0.2, 0.25) is 0 Å². The van der Waals surface area contributed by atoms with Crippen molar-refractivity contribution in [2.75, 3.05) is 7.11 Å². The van der Waals surface area contributed by atoms with Crippen LogP contribution in [0.5, 0.6) is 0 Å². The van der Waals surface area contributed by atoms with Crippen molar-refractivity contribution in [3.05, 3.63) is 12.5 Å². The molecule has 1 aliphatic heterocycles. The van der Waals surface area contributed by atoms with Crippen LogP contribution in [-0.2, 0) is 46.9 Å². The quantitative estimate of drug-likeness (QED) is 0.749. The van der Waals surface area contributed by atoms with Gasteiger partial charge in [-0.25, -0.2) is 0 Å². The summed E-state index contributed by atoms with van der Waals surface area (Å²) in [6.07, 6.45) is 2.37. The Morgan fingerprint density at radius 3 is 2.44 bits per heavy atom. The molecule has 0 amide bonds. The van der Waals surface area contributed by atoms with Gasteiger partial charge in [-0.15, -0.1) is 0 Å². The third-order valence-electron chi connectivity index (χ3n) is 3.02. The van der Waals surface area contributed by atoms with Gasteiger partial charge in [-0.2, -0.15) is 19.4 Å². The summed E-state index contributed by atoms with van der Waals surface area (Å²) in [6, 6.07) is 0. The Hall–Kier alpha value is 0.984. The topological polar surface area (TPSA) is 27.7 Å². The monoisotopic (exact) mass is 301 g/mol. The summed E-state index contributed by atoms with van der Waals surface area (Å²) >= 11 is 0. The third-order valence-corrected chi connectivity index (χ3v) is 3.02. The van der Waals surface area contributed by atoms with Crippen molar-refractivity contribution in [2.24, 2.45) is 5.92 Å². The molecule has 0 aromatic rings. The van der Waals surface area contributed by atoms with Gasteiger partial charge in [0, 0.05) is 32.7 Å². The van der Waals surface area contributed by atoms with E-state index in [1.54, 1.807) is 13.7 Å². The van der Waals surface area contributed by atoms with E-state index >= 15 is 0 Å². The Labute approximate surface area is 123 Å². The van der Waals surface area contributed by atoms with Crippen LogP contribution in [-0.4, -0.2) is 25.1 Å². The molecule has 0 unspecified atom stereocenters. The summed E-state index contributed by atoms with van der Waals surface area (Å²) in [6.45, 7) is 7.90. The maximum atomic E-state index is 5.90. The minimum absolute atomic E-state index is 0. The number of hydrogen-bond acceptors (Lipinski definition) is 3. The van der Waals surface area contributed by atoms with Crippen LogP contribution in [0.2, 0.25) is 0 Å². The fraction of sp³-hybridized carbons (Fsp3) is 0.833. The van der Waals surface area contributed by atoms with Crippen LogP contribution in [0, 0.1) is 18.4 Å². The van der Waals surface area contributed by atoms with Crippen LogP contribution in [0.15, 0.2) is 0 Å². The fourth-order valence-electron chi connectivity index (χ4n) is 2.41. The van der Waals surface area contributed by atoms with E-state index in [4.69, 9.17) is 14.2 Å². The van der Waals surface area contributed by atoms with Gasteiger partial charge in [-0.1, -0.05) is 18.9 Å². The van der Waals surface area contributed by atoms with Crippen molar-refractivity contribution in [1.82, 2.24) is 0 Å². The second-order valence-corrected chi connectivity index (χ2v) is 5.06. The summed E-state index contributed by atoms with van der Waals surface area (Å²) in [5, 5.41) is 0. The van der Waals surface area contributed by atoms with Gasteiger partial charge >= 0.3 is 0 Å². The van der Waals surface area contributed by atoms with Gasteiger partial charge in [-0.3, -0.25) is 5.92 Å². The maximum absolute atomic E-state index is 5.90. The summed E-state index contributed by atoms with van der Waals surface area (Å²) < 4.78 is 16.7. The Morgan fingerprint density at radius 1 is 1.31 bits per heavy atom. The molecule has 2 atom stereocenters. The molecule has 2 aliphatic rings. The van der Waals surface area contributed by atoms with Crippen molar-refractivity contribution in [3.63, 3.8) is 0 Å². The van der Waals surface area contributed by atoms with Gasteiger partial charge in [0.1, 0.15) is 0 Å². The average Bonchev–Trinajstić information content (AvgIpc) is 2.36. The van der Waals surface area contributed by atoms with Crippen molar-refractivity contribution < 1.29 is 46.9 Å². The number of rotatable bonds is 3. The molecule has 1 heterocycles. The second kappa shape index (κ2) is 5.75. The van der Waals surface area contributed by atoms with Crippen molar-refractivity contribution in [3.8, 4) is 0 Å². The zero-order chi connectivity index (χ0) is 11.1. The van der Waals surface area contributed by atoms with E-state index in [0.717, 1.165) is 18.8 Å². The normalized spacial score (nSPS) is 34.5. The first kappa shape index (κ1) is 15.0. The third kappa shape index (κ3) is 3.26. The van der Waals surface area contributed by atoms with Crippen molar-refractivity contribution >= 4 is 0 Å². The minimum Gasteiger partial charge on any atom is -0.552 e. The molecular weight excluding hydrogens is 281 g/mol. The molecule has 4 heteroatoms. The molecule has 3 nitrogen and oxygen atoms in total. The Kier molecular flexibility index (Phi) is 5.41. The maximum Gasteiger partial charge on any atom is 0.157 e. The SMILES string of the molecule is CO[CH-][C@@H]1OC(C)(C)O[C@@H]1[C-]1CC(C)C1.[Y]. The van der Waals surface area contributed by atoms with Crippen LogP contribution in [0.4, 0.5) is 0 Å². The van der Waals surface area contributed by atoms with E-state index in [1.807, 2.05) is 13.8 Å². The number of ether oxygens (including phenoxy) is 3. The van der Waals surface area contributed by atoms with E-state index < -0.39 is 5.79 Å². The van der Waals surface area contributed by atoms with E-state index in [1.165, 1.54) is 5.92 Å². The summed E-state index contributed by atoms with van der Waals surface area (Å²) in [7, 11) is 1.65. The molecule has 2 fully saturated rings. The number of methoxy groups -OCH3 is 1. The molecule has 1 saturated carbocycles. The van der Waals surface area contributed by atoms with Gasteiger partial charge in [-0.05, 0) is 27.1 Å². The second-order valence-electron chi connectivity index (χ2n) is 5.06. The smallest absolute Gasteiger partial charge is 0.157 e. The van der Waals surface area contributed by atoms with Crippen LogP contribution >= 0.6 is 0 Å². The molecule has 1 saturated heterocycles. The molecule has 1 aliphatic carbocycles. The van der Waals surface area contributed by atoms with Gasteiger partial charge < -0.3 is 14.2 Å². The molecule has 91 valence electrons. The zero-order valence-corrected chi connectivity index (χ0v) is 13.4. The number of hydrogen-bond donors (Lipinski definition) is 0. The molecule has 0 bridgehead atoms. The van der Waals surface area contributed by atoms with E-state index in [9.17, 15) is 0 Å². The van der Waals surface area contributed by atoms with Crippen LogP contribution in [0.1, 0.15) is 33.6 Å². The molecule has 2 rings (SSSR count). The first-order valence-electron chi connectivity index (χ1n) is 5.58. The molecule has 0 spiro atoms. The first-order valence-corrected chi connectivity index (χ1v) is 5.58. The van der Waals surface area contributed by atoms with Crippen LogP contribution in [0.3, 0.4) is 0 Å². The van der Waals surface area contributed by atoms with Gasteiger partial charge in [0.25, 0.3) is 0 Å². The van der Waals surface area contributed by atoms with Gasteiger partial charge in [0.05, 0.1) is 0 Å². The summed E-state index contributed by atoms with van der Waals surface area (Å²) in [5.74, 6) is 1.78. The average molecular weight is 301 g/mol. The molecule has 0 aromatic heterocycles. The van der Waals surface area contributed by atoms with Gasteiger partial charge in [0.15, 0.2) is 5.79 Å². The molecule has 0 aromatic carbocycles. The molecule has 16 heavy (non-hydrogen) atoms. The zero-order valence-electron chi connectivity index (χ0n) is 10.5. The van der Waals surface area contributed by atoms with Crippen molar-refractivity contribution in [1.29, 1.82) is 0 Å². The summed E-state index contributed by atoms with van der Waals surface area (Å²) in [4.78, 5) is 0. The summed E-state index contributed by atoms with van der Waals surface area (Å²) in [5.41, 5.74) is 0. The standard InChI is InChI=1S/C12H20O3.Y/c1-8-5-9(6-8)11-10(7-13-4)14-12(2,3)15-11;/h7-8,10-11H,5-6H2,1-4H3;/q-2;/t10-,11+;/m0./s1. The van der Waals surface area contributed by atoms with Crippen LogP contribution < -0.4 is 0 Å². The first-order chi connectivity index (χ1) is 7.02. The van der Waals surface area contributed by atoms with E-state index in [2.05, 4.69) is 6.92 Å².